The minimum Gasteiger partial charge on any atom is -0.451 e. The van der Waals surface area contributed by atoms with Crippen molar-refractivity contribution in [3.8, 4) is 0 Å². The SMILES string of the molecule is O=C(NC(=S)Nc1ccc(NC(=O)c2cc3ccccc3o2)cc1)c1cccc(I)c1. The summed E-state index contributed by atoms with van der Waals surface area (Å²) in [5.74, 6) is -0.384. The van der Waals surface area contributed by atoms with Crippen LogP contribution in [0.4, 0.5) is 11.4 Å². The van der Waals surface area contributed by atoms with Crippen molar-refractivity contribution in [1.29, 1.82) is 0 Å². The van der Waals surface area contributed by atoms with Crippen LogP contribution in [0.3, 0.4) is 0 Å². The van der Waals surface area contributed by atoms with Gasteiger partial charge in [0.25, 0.3) is 11.8 Å². The van der Waals surface area contributed by atoms with Gasteiger partial charge in [-0.2, -0.15) is 0 Å². The Hall–Kier alpha value is -3.24. The zero-order valence-electron chi connectivity index (χ0n) is 16.0. The van der Waals surface area contributed by atoms with Crippen LogP contribution in [0, 0.1) is 3.57 Å². The fourth-order valence-electron chi connectivity index (χ4n) is 2.89. The fourth-order valence-corrected chi connectivity index (χ4v) is 3.64. The number of anilines is 2. The van der Waals surface area contributed by atoms with Crippen LogP contribution in [-0.4, -0.2) is 16.9 Å². The molecule has 0 saturated carbocycles. The van der Waals surface area contributed by atoms with E-state index in [-0.39, 0.29) is 22.7 Å². The van der Waals surface area contributed by atoms with Crippen LogP contribution in [0.2, 0.25) is 0 Å². The first kappa shape index (κ1) is 21.0. The number of hydrogen-bond donors (Lipinski definition) is 3. The van der Waals surface area contributed by atoms with Gasteiger partial charge in [0.2, 0.25) is 0 Å². The fraction of sp³-hybridized carbons (Fsp3) is 0. The van der Waals surface area contributed by atoms with E-state index in [0.29, 0.717) is 22.5 Å². The summed E-state index contributed by atoms with van der Waals surface area (Å²) in [6.07, 6.45) is 0. The summed E-state index contributed by atoms with van der Waals surface area (Å²) in [6, 6.07) is 23.3. The van der Waals surface area contributed by atoms with Gasteiger partial charge in [-0.3, -0.25) is 14.9 Å². The number of benzene rings is 3. The molecule has 0 aliphatic rings. The van der Waals surface area contributed by atoms with Gasteiger partial charge in [-0.25, -0.2) is 0 Å². The van der Waals surface area contributed by atoms with Crippen LogP contribution < -0.4 is 16.0 Å². The van der Waals surface area contributed by atoms with Crippen LogP contribution in [0.5, 0.6) is 0 Å². The van der Waals surface area contributed by atoms with Crippen molar-refractivity contribution >= 4 is 74.1 Å². The molecule has 3 aromatic carbocycles. The molecule has 3 N–H and O–H groups in total. The quantitative estimate of drug-likeness (QED) is 0.238. The Kier molecular flexibility index (Phi) is 6.28. The molecule has 0 aliphatic carbocycles. The summed E-state index contributed by atoms with van der Waals surface area (Å²) in [4.78, 5) is 24.7. The number of para-hydroxylation sites is 1. The third-order valence-electron chi connectivity index (χ3n) is 4.36. The van der Waals surface area contributed by atoms with Gasteiger partial charge in [-0.1, -0.05) is 24.3 Å². The van der Waals surface area contributed by atoms with E-state index in [1.54, 1.807) is 42.5 Å². The van der Waals surface area contributed by atoms with Gasteiger partial charge in [0.1, 0.15) is 5.58 Å². The molecule has 4 aromatic rings. The molecular weight excluding hydrogens is 525 g/mol. The highest BCUT2D eigenvalue weighted by atomic mass is 127. The van der Waals surface area contributed by atoms with E-state index in [1.807, 2.05) is 36.4 Å². The van der Waals surface area contributed by atoms with Crippen LogP contribution in [0.1, 0.15) is 20.9 Å². The Balaban J connectivity index is 1.34. The van der Waals surface area contributed by atoms with E-state index < -0.39 is 0 Å². The molecule has 2 amide bonds. The molecule has 0 radical (unpaired) electrons. The zero-order valence-corrected chi connectivity index (χ0v) is 19.0. The van der Waals surface area contributed by atoms with E-state index in [9.17, 15) is 9.59 Å². The number of thiocarbonyl (C=S) groups is 1. The van der Waals surface area contributed by atoms with Crippen molar-refractivity contribution in [3.63, 3.8) is 0 Å². The molecule has 0 bridgehead atoms. The first-order valence-corrected chi connectivity index (χ1v) is 10.7. The standard InChI is InChI=1S/C23H16IN3O3S/c24-16-6-3-5-15(12-16)21(28)27-23(31)26-18-10-8-17(9-11-18)25-22(29)20-13-14-4-1-2-7-19(14)30-20/h1-13H,(H,25,29)(H2,26,27,28,31). The Morgan fingerprint density at radius 3 is 2.23 bits per heavy atom. The van der Waals surface area contributed by atoms with E-state index in [2.05, 4.69) is 38.5 Å². The number of hydrogen-bond acceptors (Lipinski definition) is 4. The minimum atomic E-state index is -0.336. The Morgan fingerprint density at radius 2 is 1.52 bits per heavy atom. The molecule has 31 heavy (non-hydrogen) atoms. The van der Waals surface area contributed by atoms with Gasteiger partial charge in [0, 0.05) is 25.9 Å². The summed E-state index contributed by atoms with van der Waals surface area (Å²) in [5.41, 5.74) is 2.46. The highest BCUT2D eigenvalue weighted by Crippen LogP contribution is 2.20. The number of rotatable bonds is 4. The lowest BCUT2D eigenvalue weighted by Crippen LogP contribution is -2.34. The van der Waals surface area contributed by atoms with Crippen molar-refractivity contribution < 1.29 is 14.0 Å². The monoisotopic (exact) mass is 541 g/mol. The second kappa shape index (κ2) is 9.27. The summed E-state index contributed by atoms with van der Waals surface area (Å²) < 4.78 is 6.54. The lowest BCUT2D eigenvalue weighted by molar-refractivity contribution is 0.0975. The van der Waals surface area contributed by atoms with Crippen LogP contribution in [-0.2, 0) is 0 Å². The van der Waals surface area contributed by atoms with E-state index >= 15 is 0 Å². The number of furan rings is 1. The molecule has 0 saturated heterocycles. The molecule has 0 aliphatic heterocycles. The smallest absolute Gasteiger partial charge is 0.291 e. The van der Waals surface area contributed by atoms with Gasteiger partial charge in [-0.05, 0) is 89.4 Å². The maximum atomic E-state index is 12.4. The normalized spacial score (nSPS) is 10.5. The van der Waals surface area contributed by atoms with Crippen molar-refractivity contribution in [2.24, 2.45) is 0 Å². The van der Waals surface area contributed by atoms with Crippen molar-refractivity contribution in [2.75, 3.05) is 10.6 Å². The van der Waals surface area contributed by atoms with Crippen molar-refractivity contribution in [1.82, 2.24) is 5.32 Å². The highest BCUT2D eigenvalue weighted by molar-refractivity contribution is 14.1. The number of halogens is 1. The molecule has 8 heteroatoms. The molecule has 154 valence electrons. The number of nitrogens with one attached hydrogen (secondary N) is 3. The summed E-state index contributed by atoms with van der Waals surface area (Å²) >= 11 is 7.36. The average Bonchev–Trinajstić information content (AvgIpc) is 3.19. The molecule has 1 aromatic heterocycles. The van der Waals surface area contributed by atoms with Crippen LogP contribution in [0.25, 0.3) is 11.0 Å². The number of fused-ring (bicyclic) bond motifs is 1. The summed E-state index contributed by atoms with van der Waals surface area (Å²) in [5, 5.41) is 9.45. The molecule has 1 heterocycles. The second-order valence-corrected chi connectivity index (χ2v) is 8.25. The Labute approximate surface area is 197 Å². The zero-order chi connectivity index (χ0) is 21.8. The minimum absolute atomic E-state index is 0.183. The lowest BCUT2D eigenvalue weighted by Gasteiger charge is -2.10. The number of amides is 2. The maximum absolute atomic E-state index is 12.4. The lowest BCUT2D eigenvalue weighted by atomic mass is 10.2. The predicted molar refractivity (Wildman–Crippen MR) is 133 cm³/mol. The van der Waals surface area contributed by atoms with E-state index in [4.69, 9.17) is 16.6 Å². The first-order chi connectivity index (χ1) is 15.0. The van der Waals surface area contributed by atoms with Crippen LogP contribution in [0.15, 0.2) is 83.3 Å². The van der Waals surface area contributed by atoms with Crippen LogP contribution >= 0.6 is 34.8 Å². The second-order valence-electron chi connectivity index (χ2n) is 6.60. The third kappa shape index (κ3) is 5.28. The van der Waals surface area contributed by atoms with E-state index in [1.165, 1.54) is 0 Å². The predicted octanol–water partition coefficient (Wildman–Crippen LogP) is 5.42. The molecule has 6 nitrogen and oxygen atoms in total. The van der Waals surface area contributed by atoms with Crippen molar-refractivity contribution in [2.45, 2.75) is 0 Å². The molecule has 0 unspecified atom stereocenters. The van der Waals surface area contributed by atoms with Gasteiger partial charge < -0.3 is 15.1 Å². The molecular formula is C23H16IN3O3S. The molecule has 0 spiro atoms. The largest absolute Gasteiger partial charge is 0.451 e. The Bertz CT molecular complexity index is 1250. The topological polar surface area (TPSA) is 83.4 Å². The average molecular weight is 541 g/mol. The molecule has 0 fully saturated rings. The highest BCUT2D eigenvalue weighted by Gasteiger charge is 2.13. The number of carbonyl (C=O) groups is 2. The third-order valence-corrected chi connectivity index (χ3v) is 5.24. The maximum Gasteiger partial charge on any atom is 0.291 e. The Morgan fingerprint density at radius 1 is 0.806 bits per heavy atom. The van der Waals surface area contributed by atoms with Crippen molar-refractivity contribution in [3.05, 3.63) is 93.8 Å². The number of carbonyl (C=O) groups excluding carboxylic acids is 2. The van der Waals surface area contributed by atoms with Gasteiger partial charge in [-0.15, -0.1) is 0 Å². The summed E-state index contributed by atoms with van der Waals surface area (Å²) in [7, 11) is 0. The summed E-state index contributed by atoms with van der Waals surface area (Å²) in [6.45, 7) is 0. The molecule has 0 atom stereocenters. The first-order valence-electron chi connectivity index (χ1n) is 9.26. The van der Waals surface area contributed by atoms with E-state index in [0.717, 1.165) is 8.96 Å². The molecule has 4 rings (SSSR count). The van der Waals surface area contributed by atoms with Gasteiger partial charge >= 0.3 is 0 Å². The van der Waals surface area contributed by atoms with Gasteiger partial charge in [0.15, 0.2) is 10.9 Å². The van der Waals surface area contributed by atoms with Gasteiger partial charge in [0.05, 0.1) is 0 Å².